The van der Waals surface area contributed by atoms with Gasteiger partial charge >= 0.3 is 0 Å². The van der Waals surface area contributed by atoms with Gasteiger partial charge in [0.15, 0.2) is 18.2 Å². The second-order valence-electron chi connectivity index (χ2n) is 6.45. The molecule has 0 radical (unpaired) electrons. The molecule has 0 saturated carbocycles. The number of anilines is 1. The van der Waals surface area contributed by atoms with Crippen LogP contribution in [0.25, 0.3) is 0 Å². The summed E-state index contributed by atoms with van der Waals surface area (Å²) in [6, 6.07) is 18.4. The van der Waals surface area contributed by atoms with Gasteiger partial charge in [-0.05, 0) is 48.0 Å². The number of hydrogen-bond acceptors (Lipinski definition) is 4. The summed E-state index contributed by atoms with van der Waals surface area (Å²) in [6.45, 7) is 0.777. The highest BCUT2D eigenvalue weighted by atomic mass is 79.9. The Morgan fingerprint density at radius 3 is 2.47 bits per heavy atom. The van der Waals surface area contributed by atoms with Crippen LogP contribution in [0.15, 0.2) is 77.5 Å². The highest BCUT2D eigenvalue weighted by Gasteiger charge is 2.12. The van der Waals surface area contributed by atoms with Crippen molar-refractivity contribution in [2.24, 2.45) is 0 Å². The Kier molecular flexibility index (Phi) is 6.15. The lowest BCUT2D eigenvalue weighted by molar-refractivity contribution is 0.101. The Morgan fingerprint density at radius 1 is 0.967 bits per heavy atom. The minimum Gasteiger partial charge on any atom is -0.471 e. The van der Waals surface area contributed by atoms with Crippen LogP contribution in [0.5, 0.6) is 5.75 Å². The van der Waals surface area contributed by atoms with E-state index >= 15 is 0 Å². The maximum Gasteiger partial charge on any atom is 0.277 e. The van der Waals surface area contributed by atoms with E-state index in [4.69, 9.17) is 16.3 Å². The molecule has 2 aromatic carbocycles. The maximum absolute atomic E-state index is 12.4. The van der Waals surface area contributed by atoms with Crippen LogP contribution >= 0.6 is 27.5 Å². The van der Waals surface area contributed by atoms with Crippen molar-refractivity contribution in [3.05, 3.63) is 93.8 Å². The number of benzene rings is 2. The molecule has 4 rings (SSSR count). The number of hydrogen-bond donors (Lipinski definition) is 1. The van der Waals surface area contributed by atoms with Crippen molar-refractivity contribution in [3.63, 3.8) is 0 Å². The van der Waals surface area contributed by atoms with Crippen molar-refractivity contribution in [2.45, 2.75) is 13.3 Å². The molecule has 0 aliphatic carbocycles. The number of nitrogens with one attached hydrogen (secondary N) is 1. The zero-order valence-corrected chi connectivity index (χ0v) is 18.0. The van der Waals surface area contributed by atoms with E-state index in [1.54, 1.807) is 33.9 Å². The van der Waals surface area contributed by atoms with Crippen LogP contribution in [-0.4, -0.2) is 25.5 Å². The zero-order chi connectivity index (χ0) is 20.9. The molecule has 0 unspecified atom stereocenters. The van der Waals surface area contributed by atoms with Crippen LogP contribution in [0.3, 0.4) is 0 Å². The molecule has 1 amide bonds. The topological polar surface area (TPSA) is 74.0 Å². The fraction of sp³-hybridized carbons (Fsp3) is 0.0952. The quantitative estimate of drug-likeness (QED) is 0.406. The Balaban J connectivity index is 1.32. The summed E-state index contributed by atoms with van der Waals surface area (Å²) in [6.07, 6.45) is 3.49. The summed E-state index contributed by atoms with van der Waals surface area (Å²) in [4.78, 5) is 12.4. The van der Waals surface area contributed by atoms with E-state index in [1.165, 1.54) is 0 Å². The first-order chi connectivity index (χ1) is 14.5. The van der Waals surface area contributed by atoms with Crippen molar-refractivity contribution in [1.82, 2.24) is 19.6 Å². The van der Waals surface area contributed by atoms with Crippen LogP contribution < -0.4 is 10.1 Å². The van der Waals surface area contributed by atoms with E-state index in [1.807, 2.05) is 48.5 Å². The van der Waals surface area contributed by atoms with E-state index in [9.17, 15) is 4.79 Å². The Bertz CT molecular complexity index is 1140. The fourth-order valence-electron chi connectivity index (χ4n) is 2.70. The van der Waals surface area contributed by atoms with Gasteiger partial charge < -0.3 is 10.1 Å². The molecule has 4 aromatic rings. The summed E-state index contributed by atoms with van der Waals surface area (Å²) in [5.74, 6) is 0.828. The van der Waals surface area contributed by atoms with E-state index in [0.29, 0.717) is 23.1 Å². The van der Waals surface area contributed by atoms with Crippen LogP contribution in [0.4, 0.5) is 5.82 Å². The number of carbonyl (C=O) groups excluding carboxylic acids is 1. The molecular weight excluding hydrogens is 470 g/mol. The van der Waals surface area contributed by atoms with Crippen LogP contribution in [-0.2, 0) is 13.3 Å². The van der Waals surface area contributed by atoms with Crippen molar-refractivity contribution in [2.75, 3.05) is 5.32 Å². The second-order valence-corrected chi connectivity index (χ2v) is 7.80. The lowest BCUT2D eigenvalue weighted by atomic mass is 10.2. The van der Waals surface area contributed by atoms with E-state index in [0.717, 1.165) is 10.0 Å². The molecule has 0 spiro atoms. The van der Waals surface area contributed by atoms with Crippen LogP contribution in [0, 0.1) is 0 Å². The summed E-state index contributed by atoms with van der Waals surface area (Å²) >= 11 is 9.28. The number of ether oxygens (including phenoxy) is 1. The molecule has 9 heteroatoms. The Labute approximate surface area is 186 Å². The number of nitrogens with zero attached hydrogens (tertiary/aromatic N) is 4. The molecular formula is C21H17BrClN5O2. The number of aromatic nitrogens is 4. The minimum absolute atomic E-state index is 0.199. The van der Waals surface area contributed by atoms with Crippen LogP contribution in [0.1, 0.15) is 16.1 Å². The number of halogens is 2. The van der Waals surface area contributed by atoms with Gasteiger partial charge in [0, 0.05) is 28.0 Å². The van der Waals surface area contributed by atoms with Gasteiger partial charge in [0.05, 0.1) is 6.54 Å². The predicted octanol–water partition coefficient (Wildman–Crippen LogP) is 4.83. The van der Waals surface area contributed by atoms with E-state index < -0.39 is 0 Å². The molecule has 2 aromatic heterocycles. The second kappa shape index (κ2) is 9.15. The lowest BCUT2D eigenvalue weighted by Crippen LogP contribution is -2.15. The molecule has 0 fully saturated rings. The van der Waals surface area contributed by atoms with Crippen molar-refractivity contribution in [3.8, 4) is 5.75 Å². The first-order valence-electron chi connectivity index (χ1n) is 9.06. The van der Waals surface area contributed by atoms with Crippen molar-refractivity contribution >= 4 is 39.3 Å². The smallest absolute Gasteiger partial charge is 0.277 e. The number of rotatable bonds is 7. The molecule has 0 aliphatic heterocycles. The monoisotopic (exact) mass is 485 g/mol. The van der Waals surface area contributed by atoms with Gasteiger partial charge in [-0.2, -0.15) is 10.2 Å². The van der Waals surface area contributed by atoms with Gasteiger partial charge in [-0.3, -0.25) is 9.48 Å². The first kappa shape index (κ1) is 20.2. The van der Waals surface area contributed by atoms with Gasteiger partial charge in [0.2, 0.25) is 0 Å². The third-order valence-electron chi connectivity index (χ3n) is 4.19. The summed E-state index contributed by atoms with van der Waals surface area (Å²) in [7, 11) is 0. The predicted molar refractivity (Wildman–Crippen MR) is 118 cm³/mol. The first-order valence-corrected chi connectivity index (χ1v) is 10.2. The van der Waals surface area contributed by atoms with Gasteiger partial charge in [0.1, 0.15) is 5.75 Å². The van der Waals surface area contributed by atoms with Crippen molar-refractivity contribution in [1.29, 1.82) is 0 Å². The van der Waals surface area contributed by atoms with E-state index in [2.05, 4.69) is 31.4 Å². The van der Waals surface area contributed by atoms with Crippen molar-refractivity contribution < 1.29 is 9.53 Å². The van der Waals surface area contributed by atoms with Crippen LogP contribution in [0.2, 0.25) is 5.02 Å². The van der Waals surface area contributed by atoms with Gasteiger partial charge in [-0.25, -0.2) is 4.68 Å². The minimum atomic E-state index is -0.339. The van der Waals surface area contributed by atoms with Gasteiger partial charge in [-0.1, -0.05) is 39.7 Å². The molecule has 0 saturated heterocycles. The summed E-state index contributed by atoms with van der Waals surface area (Å²) in [5, 5.41) is 12.1. The van der Waals surface area contributed by atoms with Gasteiger partial charge in [-0.15, -0.1) is 0 Å². The normalized spacial score (nSPS) is 10.7. The molecule has 30 heavy (non-hydrogen) atoms. The summed E-state index contributed by atoms with van der Waals surface area (Å²) < 4.78 is 9.92. The highest BCUT2D eigenvalue weighted by Crippen LogP contribution is 2.16. The average molecular weight is 487 g/mol. The summed E-state index contributed by atoms with van der Waals surface area (Å²) in [5.41, 5.74) is 1.34. The average Bonchev–Trinajstić information content (AvgIpc) is 3.39. The molecule has 1 N–H and O–H groups in total. The molecule has 0 aliphatic rings. The Hall–Kier alpha value is -3.10. The Morgan fingerprint density at radius 2 is 1.70 bits per heavy atom. The van der Waals surface area contributed by atoms with Gasteiger partial charge in [0.25, 0.3) is 5.91 Å². The maximum atomic E-state index is 12.4. The number of carbonyl (C=O) groups is 1. The third kappa shape index (κ3) is 5.28. The lowest BCUT2D eigenvalue weighted by Gasteiger charge is -2.06. The molecule has 152 valence electrons. The molecule has 2 heterocycles. The standard InChI is InChI=1S/C21H17BrClN5O2/c22-16-3-7-18(8-4-16)30-14-28-11-9-19(25-28)21(29)24-20-10-12-27(26-20)13-15-1-5-17(23)6-2-15/h1-12H,13-14H2,(H,24,26,29). The molecule has 0 atom stereocenters. The largest absolute Gasteiger partial charge is 0.471 e. The molecule has 7 nitrogen and oxygen atoms in total. The van der Waals surface area contributed by atoms with E-state index in [-0.39, 0.29) is 18.3 Å². The third-order valence-corrected chi connectivity index (χ3v) is 4.97. The zero-order valence-electron chi connectivity index (χ0n) is 15.7. The molecule has 0 bridgehead atoms. The SMILES string of the molecule is O=C(Nc1ccn(Cc2ccc(Cl)cc2)n1)c1ccn(COc2ccc(Br)cc2)n1. The highest BCUT2D eigenvalue weighted by molar-refractivity contribution is 9.10. The fourth-order valence-corrected chi connectivity index (χ4v) is 3.09. The number of amides is 1.